The molecule has 0 spiro atoms. The normalized spacial score (nSPS) is 14.8. The highest BCUT2D eigenvalue weighted by molar-refractivity contribution is 5.69. The molecule has 0 saturated heterocycles. The van der Waals surface area contributed by atoms with Gasteiger partial charge in [0.05, 0.1) is 6.33 Å². The van der Waals surface area contributed by atoms with E-state index in [1.807, 2.05) is 12.1 Å². The number of rotatable bonds is 1. The van der Waals surface area contributed by atoms with E-state index in [9.17, 15) is 4.79 Å². The van der Waals surface area contributed by atoms with Gasteiger partial charge < -0.3 is 10.7 Å². The molecule has 100 valence electrons. The van der Waals surface area contributed by atoms with Crippen LogP contribution in [0.1, 0.15) is 17.2 Å². The van der Waals surface area contributed by atoms with Crippen LogP contribution in [0.2, 0.25) is 0 Å². The fourth-order valence-electron chi connectivity index (χ4n) is 2.99. The summed E-state index contributed by atoms with van der Waals surface area (Å²) in [7, 11) is 0. The molecule has 0 aliphatic heterocycles. The molecule has 0 radical (unpaired) electrons. The summed E-state index contributed by atoms with van der Waals surface area (Å²) in [6.45, 7) is 0. The molecule has 2 heterocycles. The van der Waals surface area contributed by atoms with Crippen LogP contribution in [0.25, 0.3) is 11.2 Å². The van der Waals surface area contributed by atoms with E-state index < -0.39 is 0 Å². The summed E-state index contributed by atoms with van der Waals surface area (Å²) in [6, 6.07) is 8.25. The Morgan fingerprint density at radius 2 is 1.95 bits per heavy atom. The summed E-state index contributed by atoms with van der Waals surface area (Å²) in [4.78, 5) is 23.5. The Bertz CT molecular complexity index is 838. The summed E-state index contributed by atoms with van der Waals surface area (Å²) < 4.78 is 1.58. The number of H-pyrrole nitrogens is 1. The highest BCUT2D eigenvalue weighted by atomic mass is 16.1. The van der Waals surface area contributed by atoms with Crippen molar-refractivity contribution in [2.75, 3.05) is 5.73 Å². The third-order valence-corrected chi connectivity index (χ3v) is 3.91. The van der Waals surface area contributed by atoms with Crippen molar-refractivity contribution < 1.29 is 0 Å². The van der Waals surface area contributed by atoms with E-state index in [1.54, 1.807) is 4.57 Å². The zero-order valence-electron chi connectivity index (χ0n) is 10.7. The standard InChI is InChI=1S/C14H13N5O/c15-14-18-12-11(16-7-17-12)13(20)19(14)10-5-8-3-1-2-4-9(8)6-10/h1-4,7,10H,5-6H2,(H2,15,18)(H,16,17). The fraction of sp³-hybridized carbons (Fsp3) is 0.214. The molecule has 1 aliphatic rings. The first-order chi connectivity index (χ1) is 9.74. The number of hydrogen-bond donors (Lipinski definition) is 2. The lowest BCUT2D eigenvalue weighted by atomic mass is 10.1. The monoisotopic (exact) mass is 267 g/mol. The molecular formula is C14H13N5O. The van der Waals surface area contributed by atoms with Crippen LogP contribution in [0, 0.1) is 0 Å². The maximum Gasteiger partial charge on any atom is 0.281 e. The number of imidazole rings is 1. The largest absolute Gasteiger partial charge is 0.369 e. The molecule has 1 aromatic carbocycles. The molecule has 6 nitrogen and oxygen atoms in total. The number of nitrogens with two attached hydrogens (primary N) is 1. The van der Waals surface area contributed by atoms with Crippen LogP contribution in [0.3, 0.4) is 0 Å². The second-order valence-corrected chi connectivity index (χ2v) is 5.08. The van der Waals surface area contributed by atoms with E-state index in [0.717, 1.165) is 12.8 Å². The van der Waals surface area contributed by atoms with Gasteiger partial charge in [-0.15, -0.1) is 0 Å². The van der Waals surface area contributed by atoms with E-state index in [0.29, 0.717) is 11.2 Å². The first-order valence-corrected chi connectivity index (χ1v) is 6.52. The van der Waals surface area contributed by atoms with Crippen molar-refractivity contribution in [1.82, 2.24) is 19.5 Å². The Hall–Kier alpha value is -2.63. The third kappa shape index (κ3) is 1.48. The number of fused-ring (bicyclic) bond motifs is 2. The average molecular weight is 267 g/mol. The molecule has 0 fully saturated rings. The lowest BCUT2D eigenvalue weighted by Gasteiger charge is -2.15. The van der Waals surface area contributed by atoms with Gasteiger partial charge in [0.2, 0.25) is 5.95 Å². The zero-order chi connectivity index (χ0) is 13.7. The van der Waals surface area contributed by atoms with E-state index in [1.165, 1.54) is 17.5 Å². The first-order valence-electron chi connectivity index (χ1n) is 6.52. The Labute approximate surface area is 114 Å². The third-order valence-electron chi connectivity index (χ3n) is 3.91. The zero-order valence-corrected chi connectivity index (χ0v) is 10.7. The topological polar surface area (TPSA) is 89.6 Å². The highest BCUT2D eigenvalue weighted by Gasteiger charge is 2.26. The van der Waals surface area contributed by atoms with Crippen molar-refractivity contribution in [2.45, 2.75) is 18.9 Å². The summed E-state index contributed by atoms with van der Waals surface area (Å²) in [6.07, 6.45) is 3.08. The van der Waals surface area contributed by atoms with Gasteiger partial charge in [-0.3, -0.25) is 9.36 Å². The summed E-state index contributed by atoms with van der Waals surface area (Å²) in [5, 5.41) is 0. The minimum atomic E-state index is -0.150. The van der Waals surface area contributed by atoms with Gasteiger partial charge in [-0.2, -0.15) is 4.98 Å². The van der Waals surface area contributed by atoms with Crippen molar-refractivity contribution in [3.05, 3.63) is 52.1 Å². The molecule has 0 unspecified atom stereocenters. The lowest BCUT2D eigenvalue weighted by Crippen LogP contribution is -2.29. The van der Waals surface area contributed by atoms with Crippen LogP contribution in [-0.4, -0.2) is 19.5 Å². The van der Waals surface area contributed by atoms with E-state index >= 15 is 0 Å². The molecule has 4 rings (SSSR count). The van der Waals surface area contributed by atoms with Gasteiger partial charge in [-0.25, -0.2) is 4.98 Å². The van der Waals surface area contributed by atoms with Crippen molar-refractivity contribution in [2.24, 2.45) is 0 Å². The summed E-state index contributed by atoms with van der Waals surface area (Å²) in [5.74, 6) is 0.229. The van der Waals surface area contributed by atoms with Gasteiger partial charge in [0.1, 0.15) is 0 Å². The van der Waals surface area contributed by atoms with Crippen molar-refractivity contribution >= 4 is 17.1 Å². The SMILES string of the molecule is Nc1nc2nc[nH]c2c(=O)n1C1Cc2ccccc2C1. The minimum absolute atomic E-state index is 0.0279. The number of aromatic nitrogens is 4. The molecule has 3 N–H and O–H groups in total. The molecule has 6 heteroatoms. The quantitative estimate of drug-likeness (QED) is 0.689. The molecular weight excluding hydrogens is 254 g/mol. The second kappa shape index (κ2) is 3.93. The Kier molecular flexibility index (Phi) is 2.20. The number of hydrogen-bond acceptors (Lipinski definition) is 4. The number of nitrogen functional groups attached to an aromatic ring is 1. The predicted octanol–water partition coefficient (Wildman–Crippen LogP) is 1.04. The Morgan fingerprint density at radius 1 is 1.25 bits per heavy atom. The molecule has 0 amide bonds. The van der Waals surface area contributed by atoms with E-state index in [-0.39, 0.29) is 17.5 Å². The van der Waals surface area contributed by atoms with Crippen LogP contribution >= 0.6 is 0 Å². The summed E-state index contributed by atoms with van der Waals surface area (Å²) >= 11 is 0. The second-order valence-electron chi connectivity index (χ2n) is 5.08. The van der Waals surface area contributed by atoms with Crippen LogP contribution in [-0.2, 0) is 12.8 Å². The molecule has 0 atom stereocenters. The van der Waals surface area contributed by atoms with Crippen molar-refractivity contribution in [3.63, 3.8) is 0 Å². The summed E-state index contributed by atoms with van der Waals surface area (Å²) in [5.41, 5.74) is 9.14. The minimum Gasteiger partial charge on any atom is -0.369 e. The van der Waals surface area contributed by atoms with Crippen LogP contribution in [0.5, 0.6) is 0 Å². The van der Waals surface area contributed by atoms with Crippen molar-refractivity contribution in [3.8, 4) is 0 Å². The fourth-order valence-corrected chi connectivity index (χ4v) is 2.99. The molecule has 20 heavy (non-hydrogen) atoms. The maximum atomic E-state index is 12.5. The molecule has 3 aromatic rings. The smallest absolute Gasteiger partial charge is 0.281 e. The maximum absolute atomic E-state index is 12.5. The van der Waals surface area contributed by atoms with Gasteiger partial charge in [0.25, 0.3) is 5.56 Å². The number of nitrogens with one attached hydrogen (secondary N) is 1. The first kappa shape index (κ1) is 11.2. The molecule has 0 saturated carbocycles. The van der Waals surface area contributed by atoms with E-state index in [2.05, 4.69) is 27.1 Å². The van der Waals surface area contributed by atoms with Gasteiger partial charge in [0, 0.05) is 6.04 Å². The number of nitrogens with zero attached hydrogens (tertiary/aromatic N) is 3. The van der Waals surface area contributed by atoms with Gasteiger partial charge in [-0.05, 0) is 24.0 Å². The molecule has 1 aliphatic carbocycles. The van der Waals surface area contributed by atoms with Crippen LogP contribution in [0.4, 0.5) is 5.95 Å². The average Bonchev–Trinajstić information content (AvgIpc) is 3.04. The predicted molar refractivity (Wildman–Crippen MR) is 75.4 cm³/mol. The number of aromatic amines is 1. The highest BCUT2D eigenvalue weighted by Crippen LogP contribution is 2.30. The van der Waals surface area contributed by atoms with Crippen LogP contribution in [0.15, 0.2) is 35.4 Å². The number of benzene rings is 1. The van der Waals surface area contributed by atoms with Crippen LogP contribution < -0.4 is 11.3 Å². The Morgan fingerprint density at radius 3 is 2.65 bits per heavy atom. The van der Waals surface area contributed by atoms with Gasteiger partial charge in [-0.1, -0.05) is 24.3 Å². The van der Waals surface area contributed by atoms with Crippen molar-refractivity contribution in [1.29, 1.82) is 0 Å². The number of anilines is 1. The Balaban J connectivity index is 1.86. The van der Waals surface area contributed by atoms with E-state index in [4.69, 9.17) is 5.73 Å². The van der Waals surface area contributed by atoms with Gasteiger partial charge in [0.15, 0.2) is 11.2 Å². The lowest BCUT2D eigenvalue weighted by molar-refractivity contribution is 0.517. The van der Waals surface area contributed by atoms with Gasteiger partial charge >= 0.3 is 0 Å². The molecule has 2 aromatic heterocycles. The molecule has 0 bridgehead atoms.